The number of ether oxygens (including phenoxy) is 1. The molecule has 1 fully saturated rings. The van der Waals surface area contributed by atoms with Crippen molar-refractivity contribution < 1.29 is 9.53 Å². The Kier molecular flexibility index (Phi) is 3.92. The van der Waals surface area contributed by atoms with Crippen LogP contribution in [-0.2, 0) is 9.53 Å². The Morgan fingerprint density at radius 1 is 1.44 bits per heavy atom. The Hall–Kier alpha value is -1.90. The van der Waals surface area contributed by atoms with E-state index in [2.05, 4.69) is 6.07 Å². The van der Waals surface area contributed by atoms with Gasteiger partial charge in [-0.25, -0.2) is 0 Å². The molecule has 1 aromatic rings. The van der Waals surface area contributed by atoms with E-state index in [-0.39, 0.29) is 5.91 Å². The average molecular weight is 245 g/mol. The first-order valence-electron chi connectivity index (χ1n) is 5.89. The average Bonchev–Trinajstić information content (AvgIpc) is 2.42. The molecule has 1 atom stereocenters. The topological polar surface area (TPSA) is 79.3 Å². The maximum absolute atomic E-state index is 12.2. The maximum Gasteiger partial charge on any atom is 0.256 e. The molecule has 1 unspecified atom stereocenters. The highest BCUT2D eigenvalue weighted by molar-refractivity contribution is 5.97. The molecule has 0 radical (unpaired) electrons. The molecule has 1 heterocycles. The first-order chi connectivity index (χ1) is 8.76. The molecule has 1 aliphatic heterocycles. The number of amides is 1. The van der Waals surface area contributed by atoms with Gasteiger partial charge >= 0.3 is 0 Å². The van der Waals surface area contributed by atoms with Crippen LogP contribution in [0.5, 0.6) is 0 Å². The molecule has 2 N–H and O–H groups in total. The molecule has 5 heteroatoms. The molecule has 1 saturated heterocycles. The summed E-state index contributed by atoms with van der Waals surface area (Å²) >= 11 is 0. The Morgan fingerprint density at radius 2 is 2.17 bits per heavy atom. The zero-order chi connectivity index (χ0) is 13.0. The van der Waals surface area contributed by atoms with Gasteiger partial charge in [0.15, 0.2) is 0 Å². The normalized spacial score (nSPS) is 19.7. The quantitative estimate of drug-likeness (QED) is 0.847. The van der Waals surface area contributed by atoms with E-state index in [4.69, 9.17) is 15.7 Å². The minimum atomic E-state index is -0.445. The number of nitrogens with two attached hydrogens (primary N) is 1. The second kappa shape index (κ2) is 5.63. The largest absolute Gasteiger partial charge is 0.366 e. The van der Waals surface area contributed by atoms with E-state index in [1.165, 1.54) is 0 Å². The van der Waals surface area contributed by atoms with Crippen molar-refractivity contribution in [2.75, 3.05) is 24.6 Å². The molecule has 5 nitrogen and oxygen atoms in total. The Morgan fingerprint density at radius 3 is 2.78 bits per heavy atom. The summed E-state index contributed by atoms with van der Waals surface area (Å²) in [4.78, 5) is 13.8. The van der Waals surface area contributed by atoms with Crippen LogP contribution in [0.4, 0.5) is 5.69 Å². The lowest BCUT2D eigenvalue weighted by Crippen LogP contribution is -2.48. The van der Waals surface area contributed by atoms with Crippen molar-refractivity contribution in [3.05, 3.63) is 29.8 Å². The van der Waals surface area contributed by atoms with Crippen LogP contribution in [0.3, 0.4) is 0 Å². The summed E-state index contributed by atoms with van der Waals surface area (Å²) in [5, 5.41) is 8.74. The van der Waals surface area contributed by atoms with E-state index < -0.39 is 6.10 Å². The van der Waals surface area contributed by atoms with Crippen molar-refractivity contribution in [3.63, 3.8) is 0 Å². The molecule has 0 spiro atoms. The summed E-state index contributed by atoms with van der Waals surface area (Å²) in [5.74, 6) is -0.0589. The highest BCUT2D eigenvalue weighted by atomic mass is 16.5. The van der Waals surface area contributed by atoms with E-state index in [1.54, 1.807) is 29.2 Å². The Labute approximate surface area is 106 Å². The molecule has 94 valence electrons. The van der Waals surface area contributed by atoms with Gasteiger partial charge in [-0.2, -0.15) is 5.26 Å². The second-order valence-electron chi connectivity index (χ2n) is 4.09. The molecule has 18 heavy (non-hydrogen) atoms. The highest BCUT2D eigenvalue weighted by Crippen LogP contribution is 2.20. The van der Waals surface area contributed by atoms with Crippen LogP contribution in [0.25, 0.3) is 0 Å². The Bertz CT molecular complexity index is 462. The molecule has 0 aromatic heterocycles. The lowest BCUT2D eigenvalue weighted by Gasteiger charge is -2.32. The molecule has 0 bridgehead atoms. The van der Waals surface area contributed by atoms with Gasteiger partial charge in [0.25, 0.3) is 5.91 Å². The van der Waals surface area contributed by atoms with Crippen LogP contribution >= 0.6 is 0 Å². The van der Waals surface area contributed by atoms with Crippen molar-refractivity contribution >= 4 is 11.6 Å². The number of carbonyl (C=O) groups is 1. The van der Waals surface area contributed by atoms with Crippen molar-refractivity contribution in [3.8, 4) is 6.07 Å². The van der Waals surface area contributed by atoms with E-state index in [0.717, 1.165) is 5.69 Å². The van der Waals surface area contributed by atoms with E-state index in [1.807, 2.05) is 0 Å². The van der Waals surface area contributed by atoms with Gasteiger partial charge < -0.3 is 15.4 Å². The van der Waals surface area contributed by atoms with Gasteiger partial charge in [0, 0.05) is 12.2 Å². The van der Waals surface area contributed by atoms with Crippen molar-refractivity contribution in [2.24, 2.45) is 5.73 Å². The monoisotopic (exact) mass is 245 g/mol. The number of anilines is 1. The van der Waals surface area contributed by atoms with Crippen molar-refractivity contribution in [1.82, 2.24) is 0 Å². The van der Waals surface area contributed by atoms with Crippen LogP contribution in [0.1, 0.15) is 12.0 Å². The number of hydrogen-bond acceptors (Lipinski definition) is 4. The second-order valence-corrected chi connectivity index (χ2v) is 4.09. The fourth-order valence-corrected chi connectivity index (χ4v) is 1.97. The van der Waals surface area contributed by atoms with Gasteiger partial charge in [0.2, 0.25) is 0 Å². The van der Waals surface area contributed by atoms with Gasteiger partial charge in [-0.15, -0.1) is 0 Å². The molecule has 0 saturated carbocycles. The Balaban J connectivity index is 2.16. The van der Waals surface area contributed by atoms with Gasteiger partial charge in [-0.1, -0.05) is 0 Å². The molecule has 2 rings (SSSR count). The molecule has 1 aromatic carbocycles. The predicted molar refractivity (Wildman–Crippen MR) is 66.9 cm³/mol. The smallest absolute Gasteiger partial charge is 0.256 e. The fraction of sp³-hybridized carbons (Fsp3) is 0.385. The van der Waals surface area contributed by atoms with Crippen molar-refractivity contribution in [2.45, 2.75) is 12.5 Å². The van der Waals surface area contributed by atoms with Crippen LogP contribution in [0.15, 0.2) is 24.3 Å². The number of benzene rings is 1. The minimum Gasteiger partial charge on any atom is -0.366 e. The standard InChI is InChI=1S/C13H15N3O2/c14-6-5-12-13(17)16(7-8-18-12)11-3-1-10(9-15)2-4-11/h1-4,12H,5-8,14H2. The summed E-state index contributed by atoms with van der Waals surface area (Å²) in [6.07, 6.45) is 0.0883. The number of hydrogen-bond donors (Lipinski definition) is 1. The van der Waals surface area contributed by atoms with E-state index in [9.17, 15) is 4.79 Å². The predicted octanol–water partition coefficient (Wildman–Crippen LogP) is 0.639. The minimum absolute atomic E-state index is 0.0589. The van der Waals surface area contributed by atoms with Crippen LogP contribution in [0.2, 0.25) is 0 Å². The number of rotatable bonds is 3. The number of morpholine rings is 1. The van der Waals surface area contributed by atoms with Crippen LogP contribution in [0, 0.1) is 11.3 Å². The molecule has 1 amide bonds. The first kappa shape index (κ1) is 12.6. The SMILES string of the molecule is N#Cc1ccc(N2CCOC(CCN)C2=O)cc1. The zero-order valence-corrected chi connectivity index (χ0v) is 10.0. The number of carbonyl (C=O) groups excluding carboxylic acids is 1. The third-order valence-electron chi connectivity index (χ3n) is 2.91. The third-order valence-corrected chi connectivity index (χ3v) is 2.91. The summed E-state index contributed by atoms with van der Waals surface area (Å²) in [6.45, 7) is 1.47. The van der Waals surface area contributed by atoms with Crippen LogP contribution in [-0.4, -0.2) is 31.7 Å². The first-order valence-corrected chi connectivity index (χ1v) is 5.89. The lowest BCUT2D eigenvalue weighted by atomic mass is 10.1. The van der Waals surface area contributed by atoms with Gasteiger partial charge in [-0.05, 0) is 37.2 Å². The molecular weight excluding hydrogens is 230 g/mol. The summed E-state index contributed by atoms with van der Waals surface area (Å²) in [5.41, 5.74) is 6.83. The molecule has 1 aliphatic rings. The van der Waals surface area contributed by atoms with Gasteiger partial charge in [0.05, 0.1) is 18.2 Å². The van der Waals surface area contributed by atoms with Crippen LogP contribution < -0.4 is 10.6 Å². The molecule has 0 aliphatic carbocycles. The number of nitriles is 1. The maximum atomic E-state index is 12.2. The summed E-state index contributed by atoms with van der Waals surface area (Å²) in [6, 6.07) is 9.02. The fourth-order valence-electron chi connectivity index (χ4n) is 1.97. The summed E-state index contributed by atoms with van der Waals surface area (Å²) in [7, 11) is 0. The van der Waals surface area contributed by atoms with E-state index in [0.29, 0.717) is 31.7 Å². The summed E-state index contributed by atoms with van der Waals surface area (Å²) < 4.78 is 5.40. The van der Waals surface area contributed by atoms with E-state index >= 15 is 0 Å². The number of nitrogens with zero attached hydrogens (tertiary/aromatic N) is 2. The lowest BCUT2D eigenvalue weighted by molar-refractivity contribution is -0.134. The van der Waals surface area contributed by atoms with Gasteiger partial charge in [-0.3, -0.25) is 4.79 Å². The molecular formula is C13H15N3O2. The zero-order valence-electron chi connectivity index (χ0n) is 10.0. The van der Waals surface area contributed by atoms with Crippen molar-refractivity contribution in [1.29, 1.82) is 5.26 Å². The highest BCUT2D eigenvalue weighted by Gasteiger charge is 2.29. The van der Waals surface area contributed by atoms with Gasteiger partial charge in [0.1, 0.15) is 6.10 Å². The third kappa shape index (κ3) is 2.50.